The molecule has 0 spiro atoms. The molecule has 0 amide bonds. The van der Waals surface area contributed by atoms with E-state index < -0.39 is 0 Å². The number of nitrogen functional groups attached to an aromatic ring is 1. The van der Waals surface area contributed by atoms with Gasteiger partial charge in [0.2, 0.25) is 0 Å². The molecule has 158 valence electrons. The normalized spacial score (nSPS) is 18.3. The second kappa shape index (κ2) is 7.43. The molecular formula is C24H30N4O2. The van der Waals surface area contributed by atoms with Crippen LogP contribution in [-0.4, -0.2) is 33.1 Å². The minimum Gasteiger partial charge on any atom is -0.494 e. The number of nitrogens with zero attached hydrogens (tertiary/aromatic N) is 3. The van der Waals surface area contributed by atoms with E-state index in [1.165, 1.54) is 0 Å². The minimum absolute atomic E-state index is 0.205. The molecule has 6 nitrogen and oxygen atoms in total. The van der Waals surface area contributed by atoms with Gasteiger partial charge in [-0.1, -0.05) is 12.1 Å². The Morgan fingerprint density at radius 1 is 1.07 bits per heavy atom. The molecule has 2 aromatic heterocycles. The molecule has 2 N–H and O–H groups in total. The van der Waals surface area contributed by atoms with Gasteiger partial charge in [-0.15, -0.1) is 0 Å². The van der Waals surface area contributed by atoms with Crippen molar-refractivity contribution in [1.82, 2.24) is 14.8 Å². The van der Waals surface area contributed by atoms with Gasteiger partial charge < -0.3 is 15.2 Å². The van der Waals surface area contributed by atoms with Gasteiger partial charge in [-0.2, -0.15) is 5.10 Å². The van der Waals surface area contributed by atoms with Crippen LogP contribution < -0.4 is 10.5 Å². The summed E-state index contributed by atoms with van der Waals surface area (Å²) in [5, 5.41) is 5.06. The van der Waals surface area contributed by atoms with Gasteiger partial charge in [0.05, 0.1) is 29.7 Å². The standard InChI is InChI=1S/C24H30N4O2/c1-23(2)13-17(14-24(3,4)30-23)18-12-20(16-10-11-22(25)26-15-16)28(27-18)19-8-6-7-9-21(19)29-5/h6-12,15,17H,13-14H2,1-5H3,(H2,25,26). The van der Waals surface area contributed by atoms with Gasteiger partial charge in [-0.3, -0.25) is 0 Å². The molecule has 4 rings (SSSR count). The molecule has 0 saturated carbocycles. The molecule has 3 heterocycles. The monoisotopic (exact) mass is 406 g/mol. The third-order valence-corrected chi connectivity index (χ3v) is 5.57. The molecule has 0 aliphatic carbocycles. The molecular weight excluding hydrogens is 376 g/mol. The average molecular weight is 407 g/mol. The van der Waals surface area contributed by atoms with Gasteiger partial charge in [-0.05, 0) is 70.9 Å². The highest BCUT2D eigenvalue weighted by Gasteiger charge is 2.41. The summed E-state index contributed by atoms with van der Waals surface area (Å²) < 4.78 is 13.9. The first-order chi connectivity index (χ1) is 14.2. The SMILES string of the molecule is COc1ccccc1-n1nc(C2CC(C)(C)OC(C)(C)C2)cc1-c1ccc(N)nc1. The number of hydrogen-bond acceptors (Lipinski definition) is 5. The Morgan fingerprint density at radius 2 is 1.77 bits per heavy atom. The van der Waals surface area contributed by atoms with Crippen molar-refractivity contribution in [1.29, 1.82) is 0 Å². The van der Waals surface area contributed by atoms with Crippen LogP contribution in [0.5, 0.6) is 5.75 Å². The van der Waals surface area contributed by atoms with Gasteiger partial charge in [0.1, 0.15) is 17.3 Å². The van der Waals surface area contributed by atoms with Crippen LogP contribution in [0.2, 0.25) is 0 Å². The van der Waals surface area contributed by atoms with Crippen LogP contribution in [-0.2, 0) is 4.74 Å². The first-order valence-corrected chi connectivity index (χ1v) is 10.3. The molecule has 1 fully saturated rings. The molecule has 30 heavy (non-hydrogen) atoms. The van der Waals surface area contributed by atoms with Crippen molar-refractivity contribution in [2.75, 3.05) is 12.8 Å². The highest BCUT2D eigenvalue weighted by atomic mass is 16.5. The number of ether oxygens (including phenoxy) is 2. The van der Waals surface area contributed by atoms with Crippen molar-refractivity contribution in [3.05, 3.63) is 54.4 Å². The predicted molar refractivity (Wildman–Crippen MR) is 119 cm³/mol. The zero-order chi connectivity index (χ0) is 21.5. The molecule has 0 bridgehead atoms. The van der Waals surface area contributed by atoms with Crippen LogP contribution in [0.25, 0.3) is 16.9 Å². The van der Waals surface area contributed by atoms with Gasteiger partial charge in [0.15, 0.2) is 0 Å². The Kier molecular flexibility index (Phi) is 5.06. The van der Waals surface area contributed by atoms with Crippen LogP contribution in [0.4, 0.5) is 5.82 Å². The number of rotatable bonds is 4. The van der Waals surface area contributed by atoms with E-state index in [1.54, 1.807) is 13.3 Å². The fourth-order valence-corrected chi connectivity index (χ4v) is 4.65. The molecule has 1 aliphatic rings. The lowest BCUT2D eigenvalue weighted by Gasteiger charge is -2.45. The summed E-state index contributed by atoms with van der Waals surface area (Å²) in [6, 6.07) is 13.9. The number of methoxy groups -OCH3 is 1. The maximum absolute atomic E-state index is 6.29. The van der Waals surface area contributed by atoms with Crippen molar-refractivity contribution in [2.24, 2.45) is 0 Å². The van der Waals surface area contributed by atoms with Crippen molar-refractivity contribution < 1.29 is 9.47 Å². The lowest BCUT2D eigenvalue weighted by atomic mass is 9.79. The Labute approximate surface area is 178 Å². The van der Waals surface area contributed by atoms with Crippen molar-refractivity contribution in [3.63, 3.8) is 0 Å². The van der Waals surface area contributed by atoms with Crippen LogP contribution >= 0.6 is 0 Å². The molecule has 1 saturated heterocycles. The van der Waals surface area contributed by atoms with Gasteiger partial charge in [0.25, 0.3) is 0 Å². The molecule has 3 aromatic rings. The van der Waals surface area contributed by atoms with E-state index >= 15 is 0 Å². The van der Waals surface area contributed by atoms with E-state index in [-0.39, 0.29) is 11.2 Å². The number of para-hydroxylation sites is 2. The topological polar surface area (TPSA) is 75.2 Å². The van der Waals surface area contributed by atoms with E-state index in [2.05, 4.69) is 38.7 Å². The summed E-state index contributed by atoms with van der Waals surface area (Å²) >= 11 is 0. The molecule has 6 heteroatoms. The molecule has 0 radical (unpaired) electrons. The molecule has 0 unspecified atom stereocenters. The van der Waals surface area contributed by atoms with E-state index in [0.29, 0.717) is 11.7 Å². The van der Waals surface area contributed by atoms with E-state index in [9.17, 15) is 0 Å². The number of hydrogen-bond donors (Lipinski definition) is 1. The molecule has 0 atom stereocenters. The number of anilines is 1. The highest BCUT2D eigenvalue weighted by Crippen LogP contribution is 2.44. The van der Waals surface area contributed by atoms with E-state index in [0.717, 1.165) is 41.2 Å². The van der Waals surface area contributed by atoms with Crippen molar-refractivity contribution >= 4 is 5.82 Å². The average Bonchev–Trinajstić information content (AvgIpc) is 3.11. The Balaban J connectivity index is 1.85. The third-order valence-electron chi connectivity index (χ3n) is 5.57. The largest absolute Gasteiger partial charge is 0.494 e. The van der Waals surface area contributed by atoms with Crippen LogP contribution in [0.15, 0.2) is 48.7 Å². The second-order valence-corrected chi connectivity index (χ2v) is 9.24. The smallest absolute Gasteiger partial charge is 0.144 e. The summed E-state index contributed by atoms with van der Waals surface area (Å²) in [6.45, 7) is 8.62. The van der Waals surface area contributed by atoms with Crippen molar-refractivity contribution in [2.45, 2.75) is 57.7 Å². The predicted octanol–water partition coefficient (Wildman–Crippen LogP) is 4.98. The van der Waals surface area contributed by atoms with E-state index in [4.69, 9.17) is 20.3 Å². The molecule has 1 aromatic carbocycles. The lowest BCUT2D eigenvalue weighted by molar-refractivity contribution is -0.162. The van der Waals surface area contributed by atoms with Gasteiger partial charge in [-0.25, -0.2) is 9.67 Å². The molecule has 1 aliphatic heterocycles. The zero-order valence-electron chi connectivity index (χ0n) is 18.3. The quantitative estimate of drug-likeness (QED) is 0.662. The summed E-state index contributed by atoms with van der Waals surface area (Å²) in [5.74, 6) is 1.56. The summed E-state index contributed by atoms with van der Waals surface area (Å²) in [7, 11) is 1.68. The maximum Gasteiger partial charge on any atom is 0.144 e. The second-order valence-electron chi connectivity index (χ2n) is 9.24. The van der Waals surface area contributed by atoms with Gasteiger partial charge in [0, 0.05) is 17.7 Å². The van der Waals surface area contributed by atoms with E-state index in [1.807, 2.05) is 41.1 Å². The van der Waals surface area contributed by atoms with Crippen LogP contribution in [0.1, 0.15) is 52.1 Å². The lowest BCUT2D eigenvalue weighted by Crippen LogP contribution is -2.44. The van der Waals surface area contributed by atoms with Gasteiger partial charge >= 0.3 is 0 Å². The van der Waals surface area contributed by atoms with Crippen LogP contribution in [0, 0.1) is 0 Å². The highest BCUT2D eigenvalue weighted by molar-refractivity contribution is 5.64. The number of aromatic nitrogens is 3. The minimum atomic E-state index is -0.205. The first-order valence-electron chi connectivity index (χ1n) is 10.3. The number of pyridine rings is 1. The summed E-state index contributed by atoms with van der Waals surface area (Å²) in [4.78, 5) is 4.29. The van der Waals surface area contributed by atoms with Crippen molar-refractivity contribution in [3.8, 4) is 22.7 Å². The summed E-state index contributed by atoms with van der Waals surface area (Å²) in [5.41, 5.74) is 9.27. The maximum atomic E-state index is 6.29. The number of nitrogens with two attached hydrogens (primary N) is 1. The van der Waals surface area contributed by atoms with Crippen LogP contribution in [0.3, 0.4) is 0 Å². The fraction of sp³-hybridized carbons (Fsp3) is 0.417. The first kappa shape index (κ1) is 20.4. The number of benzene rings is 1. The Bertz CT molecular complexity index is 1020. The fourth-order valence-electron chi connectivity index (χ4n) is 4.65. The Morgan fingerprint density at radius 3 is 2.40 bits per heavy atom. The third kappa shape index (κ3) is 4.05. The zero-order valence-corrected chi connectivity index (χ0v) is 18.3. The Hall–Kier alpha value is -2.86. The summed E-state index contributed by atoms with van der Waals surface area (Å²) in [6.07, 6.45) is 3.62.